The van der Waals surface area contributed by atoms with Crippen LogP contribution in [0.4, 0.5) is 0 Å². The van der Waals surface area contributed by atoms with Crippen LogP contribution in [0.5, 0.6) is 0 Å². The molecule has 0 aromatic rings. The lowest BCUT2D eigenvalue weighted by Crippen LogP contribution is -2.26. The third-order valence-electron chi connectivity index (χ3n) is 2.60. The van der Waals surface area contributed by atoms with Crippen LogP contribution in [0.2, 0.25) is 0 Å². The Labute approximate surface area is 103 Å². The fourth-order valence-electron chi connectivity index (χ4n) is 0.483. The van der Waals surface area contributed by atoms with E-state index in [1.165, 1.54) is 0 Å². The molecule has 5 heteroatoms. The molecule has 0 amide bonds. The average molecular weight is 250 g/mol. The third-order valence-corrected chi connectivity index (χ3v) is 2.60. The maximum Gasteiger partial charge on any atom is 0.345 e. The molecular formula is C12H26O5. The van der Waals surface area contributed by atoms with Crippen LogP contribution in [-0.4, -0.2) is 34.7 Å². The highest BCUT2D eigenvalue weighted by Crippen LogP contribution is 2.25. The molecule has 0 saturated heterocycles. The summed E-state index contributed by atoms with van der Waals surface area (Å²) in [5.74, 6) is -0.856. The van der Waals surface area contributed by atoms with Gasteiger partial charge in [-0.1, -0.05) is 41.5 Å². The molecule has 0 bridgehead atoms. The van der Waals surface area contributed by atoms with Gasteiger partial charge in [0.2, 0.25) is 0 Å². The summed E-state index contributed by atoms with van der Waals surface area (Å²) in [6.45, 7) is 11.1. The van der Waals surface area contributed by atoms with E-state index in [1.807, 2.05) is 20.8 Å². The molecule has 104 valence electrons. The van der Waals surface area contributed by atoms with Crippen LogP contribution in [0.25, 0.3) is 0 Å². The van der Waals surface area contributed by atoms with Crippen molar-refractivity contribution in [1.82, 2.24) is 0 Å². The molecule has 0 aliphatic rings. The van der Waals surface area contributed by atoms with Crippen molar-refractivity contribution in [3.8, 4) is 0 Å². The number of rotatable bonds is 3. The Morgan fingerprint density at radius 3 is 1.53 bits per heavy atom. The Balaban J connectivity index is 0. The van der Waals surface area contributed by atoms with E-state index in [4.69, 9.17) is 15.5 Å². The van der Waals surface area contributed by atoms with Crippen molar-refractivity contribution >= 4 is 5.97 Å². The first-order chi connectivity index (χ1) is 7.51. The van der Waals surface area contributed by atoms with E-state index in [9.17, 15) is 4.79 Å². The lowest BCUT2D eigenvalue weighted by Gasteiger charge is -2.23. The van der Waals surface area contributed by atoms with Gasteiger partial charge in [0.05, 0.1) is 19.1 Å². The third kappa shape index (κ3) is 9.09. The molecule has 0 aliphatic carbocycles. The Kier molecular flexibility index (Phi) is 8.40. The molecule has 0 aromatic carbocycles. The monoisotopic (exact) mass is 250 g/mol. The maximum atomic E-state index is 10.7. The normalized spacial score (nSPS) is 13.5. The predicted octanol–water partition coefficient (Wildman–Crippen LogP) is 1.68. The zero-order valence-corrected chi connectivity index (χ0v) is 11.6. The van der Waals surface area contributed by atoms with E-state index in [-0.39, 0.29) is 30.0 Å². The predicted molar refractivity (Wildman–Crippen MR) is 65.3 cm³/mol. The van der Waals surface area contributed by atoms with Crippen molar-refractivity contribution < 1.29 is 25.2 Å². The average Bonchev–Trinajstić information content (AvgIpc) is 2.26. The highest BCUT2D eigenvalue weighted by atomic mass is 17.1. The number of hydrogen-bond donors (Lipinski definition) is 3. The number of carbonyl (C=O) groups excluding carboxylic acids is 1. The summed E-state index contributed by atoms with van der Waals surface area (Å²) < 4.78 is 0. The van der Waals surface area contributed by atoms with Crippen molar-refractivity contribution in [1.29, 1.82) is 0 Å². The molecule has 0 spiro atoms. The molecule has 0 rings (SSSR count). The van der Waals surface area contributed by atoms with Gasteiger partial charge in [-0.15, -0.1) is 0 Å². The minimum Gasteiger partial charge on any atom is -0.396 e. The van der Waals surface area contributed by atoms with Gasteiger partial charge < -0.3 is 15.1 Å². The molecule has 0 aliphatic heterocycles. The van der Waals surface area contributed by atoms with Gasteiger partial charge in [0.15, 0.2) is 0 Å². The van der Waals surface area contributed by atoms with E-state index < -0.39 is 5.97 Å². The van der Waals surface area contributed by atoms with Crippen LogP contribution in [0.1, 0.15) is 41.5 Å². The standard InChI is InChI=1S/C7H14O3.C5H12O2/c1-5(6(8)10-9)7(2,3)4;1-5(2,3-6)4-7/h5,9H,1-4H3;6-7H,3-4H2,1-2H3. The summed E-state index contributed by atoms with van der Waals surface area (Å²) in [5, 5.41) is 24.9. The quantitative estimate of drug-likeness (QED) is 0.524. The fourth-order valence-corrected chi connectivity index (χ4v) is 0.483. The molecular weight excluding hydrogens is 224 g/mol. The Morgan fingerprint density at radius 1 is 1.12 bits per heavy atom. The maximum absolute atomic E-state index is 10.7. The van der Waals surface area contributed by atoms with Gasteiger partial charge in [0, 0.05) is 5.41 Å². The fraction of sp³-hybridized carbons (Fsp3) is 0.917. The summed E-state index contributed by atoms with van der Waals surface area (Å²) in [6, 6.07) is 0. The van der Waals surface area contributed by atoms with Gasteiger partial charge in [-0.25, -0.2) is 4.79 Å². The lowest BCUT2D eigenvalue weighted by atomic mass is 9.82. The molecule has 0 radical (unpaired) electrons. The van der Waals surface area contributed by atoms with E-state index in [1.54, 1.807) is 20.8 Å². The van der Waals surface area contributed by atoms with Gasteiger partial charge in [0.25, 0.3) is 0 Å². The lowest BCUT2D eigenvalue weighted by molar-refractivity contribution is -0.241. The summed E-state index contributed by atoms with van der Waals surface area (Å²) >= 11 is 0. The van der Waals surface area contributed by atoms with Gasteiger partial charge >= 0.3 is 5.97 Å². The summed E-state index contributed by atoms with van der Waals surface area (Å²) in [6.07, 6.45) is 0. The number of aliphatic hydroxyl groups is 2. The van der Waals surface area contributed by atoms with Crippen molar-refractivity contribution in [2.45, 2.75) is 41.5 Å². The molecule has 0 fully saturated rings. The summed E-state index contributed by atoms with van der Waals surface area (Å²) in [5.41, 5.74) is -0.459. The van der Waals surface area contributed by atoms with E-state index >= 15 is 0 Å². The molecule has 1 atom stereocenters. The molecule has 1 unspecified atom stereocenters. The minimum atomic E-state index is -0.576. The van der Waals surface area contributed by atoms with Crippen LogP contribution in [0.3, 0.4) is 0 Å². The second-order valence-corrected chi connectivity index (χ2v) is 5.98. The molecule has 3 N–H and O–H groups in total. The Bertz CT molecular complexity index is 211. The van der Waals surface area contributed by atoms with Crippen LogP contribution < -0.4 is 0 Å². The largest absolute Gasteiger partial charge is 0.396 e. The van der Waals surface area contributed by atoms with Gasteiger partial charge in [-0.05, 0) is 5.41 Å². The molecule has 5 nitrogen and oxygen atoms in total. The molecule has 0 saturated carbocycles. The first-order valence-corrected chi connectivity index (χ1v) is 5.59. The van der Waals surface area contributed by atoms with Crippen molar-refractivity contribution in [2.24, 2.45) is 16.7 Å². The van der Waals surface area contributed by atoms with Gasteiger partial charge in [-0.2, -0.15) is 5.26 Å². The Morgan fingerprint density at radius 2 is 1.47 bits per heavy atom. The van der Waals surface area contributed by atoms with E-state index in [0.29, 0.717) is 0 Å². The number of aliphatic hydroxyl groups excluding tert-OH is 2. The highest BCUT2D eigenvalue weighted by Gasteiger charge is 2.28. The molecule has 0 aromatic heterocycles. The zero-order valence-electron chi connectivity index (χ0n) is 11.6. The SMILES string of the molecule is CC(C(=O)OO)C(C)(C)C.CC(C)(CO)CO. The van der Waals surface area contributed by atoms with Crippen molar-refractivity contribution in [3.63, 3.8) is 0 Å². The molecule has 0 heterocycles. The van der Waals surface area contributed by atoms with Gasteiger partial charge in [0.1, 0.15) is 0 Å². The summed E-state index contributed by atoms with van der Waals surface area (Å²) in [7, 11) is 0. The topological polar surface area (TPSA) is 87.0 Å². The van der Waals surface area contributed by atoms with Crippen LogP contribution in [0.15, 0.2) is 0 Å². The second-order valence-electron chi connectivity index (χ2n) is 5.98. The van der Waals surface area contributed by atoms with Crippen LogP contribution in [-0.2, 0) is 9.68 Å². The van der Waals surface area contributed by atoms with Crippen molar-refractivity contribution in [2.75, 3.05) is 13.2 Å². The van der Waals surface area contributed by atoms with Crippen molar-refractivity contribution in [3.05, 3.63) is 0 Å². The Hall–Kier alpha value is -0.650. The first kappa shape index (κ1) is 18.7. The summed E-state index contributed by atoms with van der Waals surface area (Å²) in [4.78, 5) is 14.3. The van der Waals surface area contributed by atoms with E-state index in [0.717, 1.165) is 0 Å². The van der Waals surface area contributed by atoms with Crippen LogP contribution >= 0.6 is 0 Å². The minimum absolute atomic E-state index is 0.0451. The zero-order chi connectivity index (χ0) is 14.3. The van der Waals surface area contributed by atoms with E-state index in [2.05, 4.69) is 4.89 Å². The number of hydrogen-bond acceptors (Lipinski definition) is 5. The number of carbonyl (C=O) groups is 1. The highest BCUT2D eigenvalue weighted by molar-refractivity contribution is 5.72. The smallest absolute Gasteiger partial charge is 0.345 e. The molecule has 17 heavy (non-hydrogen) atoms. The van der Waals surface area contributed by atoms with Gasteiger partial charge in [-0.3, -0.25) is 0 Å². The van der Waals surface area contributed by atoms with Crippen LogP contribution in [0, 0.1) is 16.7 Å². The first-order valence-electron chi connectivity index (χ1n) is 5.59. The second kappa shape index (κ2) is 7.63.